The number of nitrogens with zero attached hydrogens (tertiary/aromatic N) is 2. The number of piperidine rings is 1. The van der Waals surface area contributed by atoms with Crippen LogP contribution in [-0.4, -0.2) is 61.3 Å². The van der Waals surface area contributed by atoms with Crippen molar-refractivity contribution in [2.45, 2.75) is 38.3 Å². The van der Waals surface area contributed by atoms with Gasteiger partial charge in [-0.05, 0) is 37.1 Å². The van der Waals surface area contributed by atoms with Gasteiger partial charge in [-0.3, -0.25) is 4.90 Å². The van der Waals surface area contributed by atoms with Crippen LogP contribution in [0.4, 0.5) is 14.9 Å². The minimum Gasteiger partial charge on any atom is -0.375 e. The van der Waals surface area contributed by atoms with Gasteiger partial charge in [0.05, 0.1) is 18.8 Å². The van der Waals surface area contributed by atoms with Gasteiger partial charge in [-0.1, -0.05) is 19.9 Å². The van der Waals surface area contributed by atoms with E-state index in [1.54, 1.807) is 17.0 Å². The fraction of sp³-hybridized carbons (Fsp3) is 0.611. The SMILES string of the molecule is CC(C)c1ccc(NC(=O)N2CC[C@@H]3OCCN(C)[C@@H]3C2)cc1F. The monoisotopic (exact) mass is 335 g/mol. The Morgan fingerprint density at radius 3 is 2.88 bits per heavy atom. The van der Waals surface area contributed by atoms with Crippen LogP contribution in [0.1, 0.15) is 31.7 Å². The summed E-state index contributed by atoms with van der Waals surface area (Å²) in [5.41, 5.74) is 1.16. The Bertz CT molecular complexity index is 608. The summed E-state index contributed by atoms with van der Waals surface area (Å²) in [5.74, 6) is -0.155. The molecule has 0 aliphatic carbocycles. The molecule has 0 spiro atoms. The molecule has 0 saturated carbocycles. The number of halogens is 1. The molecular weight excluding hydrogens is 309 g/mol. The number of hydrogen-bond acceptors (Lipinski definition) is 3. The van der Waals surface area contributed by atoms with Crippen molar-refractivity contribution in [1.29, 1.82) is 0 Å². The number of nitrogens with one attached hydrogen (secondary N) is 1. The zero-order chi connectivity index (χ0) is 17.3. The minimum absolute atomic E-state index is 0.121. The lowest BCUT2D eigenvalue weighted by Crippen LogP contribution is -2.60. The first-order valence-electron chi connectivity index (χ1n) is 8.63. The third-order valence-electron chi connectivity index (χ3n) is 5.02. The molecule has 0 aromatic heterocycles. The second-order valence-corrected chi connectivity index (χ2v) is 7.01. The van der Waals surface area contributed by atoms with Crippen molar-refractivity contribution in [2.24, 2.45) is 0 Å². The molecule has 2 atom stereocenters. The van der Waals surface area contributed by atoms with Crippen molar-refractivity contribution in [3.63, 3.8) is 0 Å². The lowest BCUT2D eigenvalue weighted by Gasteiger charge is -2.45. The molecule has 2 amide bonds. The van der Waals surface area contributed by atoms with Crippen molar-refractivity contribution in [3.05, 3.63) is 29.6 Å². The number of benzene rings is 1. The van der Waals surface area contributed by atoms with Crippen LogP contribution in [-0.2, 0) is 4.74 Å². The van der Waals surface area contributed by atoms with E-state index < -0.39 is 0 Å². The standard InChI is InChI=1S/C18H26FN3O2/c1-12(2)14-5-4-13(10-15(14)19)20-18(23)22-7-6-17-16(11-22)21(3)8-9-24-17/h4-5,10,12,16-17H,6-9,11H2,1-3H3,(H,20,23)/t16-,17+/m1/s1. The van der Waals surface area contributed by atoms with Gasteiger partial charge in [0, 0.05) is 25.3 Å². The zero-order valence-corrected chi connectivity index (χ0v) is 14.6. The summed E-state index contributed by atoms with van der Waals surface area (Å²) in [6.45, 7) is 6.84. The van der Waals surface area contributed by atoms with Gasteiger partial charge in [0.2, 0.25) is 0 Å². The van der Waals surface area contributed by atoms with Crippen molar-refractivity contribution >= 4 is 11.7 Å². The molecule has 1 aromatic rings. The Balaban J connectivity index is 1.64. The molecule has 2 aliphatic rings. The van der Waals surface area contributed by atoms with Gasteiger partial charge < -0.3 is 15.0 Å². The lowest BCUT2D eigenvalue weighted by atomic mass is 9.99. The van der Waals surface area contributed by atoms with E-state index in [1.165, 1.54) is 6.07 Å². The van der Waals surface area contributed by atoms with E-state index in [4.69, 9.17) is 4.74 Å². The quantitative estimate of drug-likeness (QED) is 0.904. The molecule has 3 rings (SSSR count). The number of fused-ring (bicyclic) bond motifs is 1. The Labute approximate surface area is 142 Å². The number of anilines is 1. The smallest absolute Gasteiger partial charge is 0.321 e. The fourth-order valence-electron chi connectivity index (χ4n) is 3.50. The maximum atomic E-state index is 14.1. The molecule has 5 nitrogen and oxygen atoms in total. The Hall–Kier alpha value is -1.66. The number of carbonyl (C=O) groups is 1. The van der Waals surface area contributed by atoms with E-state index in [0.717, 1.165) is 19.6 Å². The van der Waals surface area contributed by atoms with Crippen LogP contribution >= 0.6 is 0 Å². The van der Waals surface area contributed by atoms with Gasteiger partial charge in [-0.15, -0.1) is 0 Å². The molecule has 0 unspecified atom stereocenters. The van der Waals surface area contributed by atoms with E-state index in [1.807, 2.05) is 13.8 Å². The van der Waals surface area contributed by atoms with Crippen LogP contribution in [0.25, 0.3) is 0 Å². The molecule has 2 saturated heterocycles. The number of morpholine rings is 1. The van der Waals surface area contributed by atoms with Crippen molar-refractivity contribution in [3.8, 4) is 0 Å². The summed E-state index contributed by atoms with van der Waals surface area (Å²) in [6, 6.07) is 4.96. The van der Waals surface area contributed by atoms with Crippen LogP contribution in [0.5, 0.6) is 0 Å². The number of likely N-dealkylation sites (N-methyl/N-ethyl adjacent to an activating group) is 1. The molecule has 132 valence electrons. The Morgan fingerprint density at radius 1 is 1.38 bits per heavy atom. The van der Waals surface area contributed by atoms with Crippen molar-refractivity contribution in [1.82, 2.24) is 9.80 Å². The molecule has 1 N–H and O–H groups in total. The van der Waals surface area contributed by atoms with Gasteiger partial charge in [-0.2, -0.15) is 0 Å². The third kappa shape index (κ3) is 3.54. The molecule has 6 heteroatoms. The second-order valence-electron chi connectivity index (χ2n) is 7.01. The number of ether oxygens (including phenoxy) is 1. The molecule has 2 heterocycles. The summed E-state index contributed by atoms with van der Waals surface area (Å²) in [6.07, 6.45) is 1.04. The molecule has 0 radical (unpaired) electrons. The summed E-state index contributed by atoms with van der Waals surface area (Å²) in [4.78, 5) is 16.6. The van der Waals surface area contributed by atoms with Gasteiger partial charge >= 0.3 is 6.03 Å². The second kappa shape index (κ2) is 7.07. The average Bonchev–Trinajstić information content (AvgIpc) is 2.54. The number of urea groups is 1. The summed E-state index contributed by atoms with van der Waals surface area (Å²) in [5, 5.41) is 2.82. The van der Waals surface area contributed by atoms with E-state index in [-0.39, 0.29) is 29.9 Å². The maximum absolute atomic E-state index is 14.1. The van der Waals surface area contributed by atoms with Gasteiger partial charge in [0.15, 0.2) is 0 Å². The molecular formula is C18H26FN3O2. The highest BCUT2D eigenvalue weighted by atomic mass is 19.1. The highest BCUT2D eigenvalue weighted by molar-refractivity contribution is 5.89. The molecule has 2 fully saturated rings. The minimum atomic E-state index is -0.276. The third-order valence-corrected chi connectivity index (χ3v) is 5.02. The molecule has 1 aromatic carbocycles. The predicted octanol–water partition coefficient (Wildman–Crippen LogP) is 2.89. The van der Waals surface area contributed by atoms with Crippen LogP contribution in [0.2, 0.25) is 0 Å². The van der Waals surface area contributed by atoms with Crippen LogP contribution in [0.15, 0.2) is 18.2 Å². The first-order valence-corrected chi connectivity index (χ1v) is 8.63. The first-order chi connectivity index (χ1) is 11.5. The zero-order valence-electron chi connectivity index (χ0n) is 14.6. The normalized spacial score (nSPS) is 24.8. The van der Waals surface area contributed by atoms with Crippen LogP contribution < -0.4 is 5.32 Å². The highest BCUT2D eigenvalue weighted by Crippen LogP contribution is 2.24. The van der Waals surface area contributed by atoms with E-state index >= 15 is 0 Å². The highest BCUT2D eigenvalue weighted by Gasteiger charge is 2.36. The summed E-state index contributed by atoms with van der Waals surface area (Å²) >= 11 is 0. The number of amides is 2. The first kappa shape index (κ1) is 17.2. The number of rotatable bonds is 2. The number of hydrogen-bond donors (Lipinski definition) is 1. The van der Waals surface area contributed by atoms with Gasteiger partial charge in [-0.25, -0.2) is 9.18 Å². The molecule has 0 bridgehead atoms. The Morgan fingerprint density at radius 2 is 2.17 bits per heavy atom. The van der Waals surface area contributed by atoms with Crippen LogP contribution in [0.3, 0.4) is 0 Å². The fourth-order valence-corrected chi connectivity index (χ4v) is 3.50. The number of carbonyl (C=O) groups excluding carboxylic acids is 1. The van der Waals surface area contributed by atoms with Crippen molar-refractivity contribution < 1.29 is 13.9 Å². The van der Waals surface area contributed by atoms with Crippen molar-refractivity contribution in [2.75, 3.05) is 38.6 Å². The lowest BCUT2D eigenvalue weighted by molar-refractivity contribution is -0.0875. The van der Waals surface area contributed by atoms with E-state index in [2.05, 4.69) is 17.3 Å². The largest absolute Gasteiger partial charge is 0.375 e. The van der Waals surface area contributed by atoms with E-state index in [0.29, 0.717) is 24.3 Å². The van der Waals surface area contributed by atoms with Gasteiger partial charge in [0.1, 0.15) is 5.82 Å². The molecule has 24 heavy (non-hydrogen) atoms. The summed E-state index contributed by atoms with van der Waals surface area (Å²) in [7, 11) is 2.07. The van der Waals surface area contributed by atoms with E-state index in [9.17, 15) is 9.18 Å². The topological polar surface area (TPSA) is 44.8 Å². The van der Waals surface area contributed by atoms with Gasteiger partial charge in [0.25, 0.3) is 0 Å². The number of likely N-dealkylation sites (tertiary alicyclic amines) is 1. The van der Waals surface area contributed by atoms with Crippen LogP contribution in [0, 0.1) is 5.82 Å². The Kier molecular flexibility index (Phi) is 5.06. The average molecular weight is 335 g/mol. The molecule has 2 aliphatic heterocycles. The maximum Gasteiger partial charge on any atom is 0.321 e. The summed E-state index contributed by atoms with van der Waals surface area (Å²) < 4.78 is 19.9. The predicted molar refractivity (Wildman–Crippen MR) is 91.9 cm³/mol.